The van der Waals surface area contributed by atoms with Crippen LogP contribution in [-0.4, -0.2) is 4.98 Å². The fraction of sp³-hybridized carbons (Fsp3) is 0.222. The lowest BCUT2D eigenvalue weighted by molar-refractivity contribution is 1.22. The molecule has 1 nitrogen and oxygen atoms in total. The van der Waals surface area contributed by atoms with Crippen LogP contribution in [0.15, 0.2) is 30.5 Å². The van der Waals surface area contributed by atoms with E-state index in [9.17, 15) is 0 Å². The Morgan fingerprint density at radius 3 is 3.00 bits per heavy atom. The predicted octanol–water partition coefficient (Wildman–Crippen LogP) is 2.50. The molecule has 0 aliphatic carbocycles. The second-order valence-corrected chi connectivity index (χ2v) is 2.07. The van der Waals surface area contributed by atoms with Crippen LogP contribution in [0.4, 0.5) is 0 Å². The summed E-state index contributed by atoms with van der Waals surface area (Å²) in [5.41, 5.74) is 1.03. The van der Waals surface area contributed by atoms with E-state index >= 15 is 0 Å². The van der Waals surface area contributed by atoms with Crippen molar-refractivity contribution in [2.75, 3.05) is 0 Å². The fourth-order valence-corrected chi connectivity index (χ4v) is 0.713. The van der Waals surface area contributed by atoms with Crippen molar-refractivity contribution in [1.82, 2.24) is 4.98 Å². The summed E-state index contributed by atoms with van der Waals surface area (Å²) in [6.45, 7) is 2.11. The molecule has 52 valence electrons. The zero-order valence-corrected chi connectivity index (χ0v) is 6.12. The fourth-order valence-electron chi connectivity index (χ4n) is 0.713. The van der Waals surface area contributed by atoms with Gasteiger partial charge in [-0.2, -0.15) is 0 Å². The van der Waals surface area contributed by atoms with Crippen molar-refractivity contribution < 1.29 is 0 Å². The molecule has 0 radical (unpaired) electrons. The maximum absolute atomic E-state index is 4.13. The Bertz CT molecular complexity index is 201. The first kappa shape index (κ1) is 7.00. The summed E-state index contributed by atoms with van der Waals surface area (Å²) in [6.07, 6.45) is 6.99. The maximum Gasteiger partial charge on any atom is 0.0626 e. The zero-order chi connectivity index (χ0) is 7.23. The van der Waals surface area contributed by atoms with Crippen LogP contribution in [0.25, 0.3) is 6.08 Å². The molecule has 0 saturated carbocycles. The molecule has 10 heavy (non-hydrogen) atoms. The smallest absolute Gasteiger partial charge is 0.0626 e. The Kier molecular flexibility index (Phi) is 2.68. The van der Waals surface area contributed by atoms with Crippen LogP contribution in [0.3, 0.4) is 0 Å². The molecule has 1 aromatic heterocycles. The van der Waals surface area contributed by atoms with Crippen molar-refractivity contribution in [3.63, 3.8) is 0 Å². The molecule has 0 N–H and O–H groups in total. The van der Waals surface area contributed by atoms with E-state index in [1.54, 1.807) is 6.20 Å². The molecule has 1 rings (SSSR count). The van der Waals surface area contributed by atoms with Gasteiger partial charge in [-0.1, -0.05) is 19.1 Å². The Hall–Kier alpha value is -1.11. The van der Waals surface area contributed by atoms with E-state index in [0.717, 1.165) is 12.1 Å². The van der Waals surface area contributed by atoms with Gasteiger partial charge >= 0.3 is 0 Å². The predicted molar refractivity (Wildman–Crippen MR) is 43.6 cm³/mol. The van der Waals surface area contributed by atoms with E-state index in [4.69, 9.17) is 0 Å². The summed E-state index contributed by atoms with van der Waals surface area (Å²) in [5.74, 6) is 0. The molecule has 0 unspecified atom stereocenters. The SMILES string of the molecule is CCC=Cc1ccccn1. The van der Waals surface area contributed by atoms with E-state index < -0.39 is 0 Å². The largest absolute Gasteiger partial charge is 0.257 e. The van der Waals surface area contributed by atoms with Crippen molar-refractivity contribution in [3.05, 3.63) is 36.2 Å². The summed E-state index contributed by atoms with van der Waals surface area (Å²) in [7, 11) is 0. The average Bonchev–Trinajstić information content (AvgIpc) is 2.03. The molecule has 0 aliphatic rings. The minimum Gasteiger partial charge on any atom is -0.257 e. The Balaban J connectivity index is 2.67. The molecule has 1 heterocycles. The average molecular weight is 133 g/mol. The highest BCUT2D eigenvalue weighted by atomic mass is 14.6. The van der Waals surface area contributed by atoms with Gasteiger partial charge in [-0.25, -0.2) is 0 Å². The molecule has 0 atom stereocenters. The van der Waals surface area contributed by atoms with Gasteiger partial charge in [0.15, 0.2) is 0 Å². The van der Waals surface area contributed by atoms with Crippen molar-refractivity contribution in [2.24, 2.45) is 0 Å². The van der Waals surface area contributed by atoms with Crippen molar-refractivity contribution in [3.8, 4) is 0 Å². The third kappa shape index (κ3) is 2.02. The molecule has 0 fully saturated rings. The Labute approximate surface area is 61.4 Å². The summed E-state index contributed by atoms with van der Waals surface area (Å²) >= 11 is 0. The number of aromatic nitrogens is 1. The van der Waals surface area contributed by atoms with E-state index in [1.165, 1.54) is 0 Å². The molecule has 0 bridgehead atoms. The highest BCUT2D eigenvalue weighted by Crippen LogP contribution is 1.96. The molecule has 0 aromatic carbocycles. The molecule has 1 aromatic rings. The summed E-state index contributed by atoms with van der Waals surface area (Å²) in [5, 5.41) is 0. The maximum atomic E-state index is 4.13. The number of nitrogens with zero attached hydrogens (tertiary/aromatic N) is 1. The van der Waals surface area contributed by atoms with Crippen LogP contribution in [-0.2, 0) is 0 Å². The van der Waals surface area contributed by atoms with Crippen LogP contribution >= 0.6 is 0 Å². The van der Waals surface area contributed by atoms with Gasteiger partial charge in [0.2, 0.25) is 0 Å². The van der Waals surface area contributed by atoms with Gasteiger partial charge in [-0.3, -0.25) is 4.98 Å². The van der Waals surface area contributed by atoms with E-state index in [1.807, 2.05) is 24.3 Å². The van der Waals surface area contributed by atoms with E-state index in [2.05, 4.69) is 18.0 Å². The summed E-state index contributed by atoms with van der Waals surface area (Å²) < 4.78 is 0. The van der Waals surface area contributed by atoms with Gasteiger partial charge in [0.25, 0.3) is 0 Å². The van der Waals surface area contributed by atoms with Crippen LogP contribution in [0.5, 0.6) is 0 Å². The number of hydrogen-bond donors (Lipinski definition) is 0. The van der Waals surface area contributed by atoms with E-state index in [-0.39, 0.29) is 0 Å². The topological polar surface area (TPSA) is 12.9 Å². The first-order chi connectivity index (χ1) is 4.93. The molecular formula is C9H11N. The van der Waals surface area contributed by atoms with Gasteiger partial charge in [-0.15, -0.1) is 0 Å². The third-order valence-corrected chi connectivity index (χ3v) is 1.21. The summed E-state index contributed by atoms with van der Waals surface area (Å²) in [4.78, 5) is 4.13. The van der Waals surface area contributed by atoms with Gasteiger partial charge in [0.1, 0.15) is 0 Å². The number of pyridine rings is 1. The molecule has 0 amide bonds. The van der Waals surface area contributed by atoms with Crippen LogP contribution in [0.1, 0.15) is 19.0 Å². The molecular weight excluding hydrogens is 122 g/mol. The lowest BCUT2D eigenvalue weighted by atomic mass is 10.3. The van der Waals surface area contributed by atoms with Gasteiger partial charge in [-0.05, 0) is 24.6 Å². The van der Waals surface area contributed by atoms with Crippen LogP contribution < -0.4 is 0 Å². The van der Waals surface area contributed by atoms with Crippen molar-refractivity contribution in [2.45, 2.75) is 13.3 Å². The highest BCUT2D eigenvalue weighted by Gasteiger charge is 1.80. The highest BCUT2D eigenvalue weighted by molar-refractivity contribution is 5.43. The molecule has 1 heteroatoms. The standard InChI is InChI=1S/C9H11N/c1-2-3-6-9-7-4-5-8-10-9/h3-8H,2H2,1H3. The van der Waals surface area contributed by atoms with Crippen LogP contribution in [0, 0.1) is 0 Å². The molecule has 0 spiro atoms. The zero-order valence-electron chi connectivity index (χ0n) is 6.12. The van der Waals surface area contributed by atoms with Crippen LogP contribution in [0.2, 0.25) is 0 Å². The monoisotopic (exact) mass is 133 g/mol. The lowest BCUT2D eigenvalue weighted by Gasteiger charge is -1.87. The normalized spacial score (nSPS) is 10.5. The minimum absolute atomic E-state index is 1.03. The number of rotatable bonds is 2. The van der Waals surface area contributed by atoms with Crippen molar-refractivity contribution in [1.29, 1.82) is 0 Å². The molecule has 0 aliphatic heterocycles. The van der Waals surface area contributed by atoms with Gasteiger partial charge < -0.3 is 0 Å². The quantitative estimate of drug-likeness (QED) is 0.604. The Morgan fingerprint density at radius 1 is 1.50 bits per heavy atom. The van der Waals surface area contributed by atoms with Crippen molar-refractivity contribution >= 4 is 6.08 Å². The third-order valence-electron chi connectivity index (χ3n) is 1.21. The minimum atomic E-state index is 1.03. The Morgan fingerprint density at radius 2 is 2.40 bits per heavy atom. The first-order valence-electron chi connectivity index (χ1n) is 3.51. The van der Waals surface area contributed by atoms with E-state index in [0.29, 0.717) is 0 Å². The summed E-state index contributed by atoms with van der Waals surface area (Å²) in [6, 6.07) is 5.90. The second-order valence-electron chi connectivity index (χ2n) is 2.07. The lowest BCUT2D eigenvalue weighted by Crippen LogP contribution is -1.75. The molecule has 0 saturated heterocycles. The van der Waals surface area contributed by atoms with Gasteiger partial charge in [0, 0.05) is 6.20 Å². The first-order valence-corrected chi connectivity index (χ1v) is 3.51. The second kappa shape index (κ2) is 3.83. The number of hydrogen-bond acceptors (Lipinski definition) is 1. The van der Waals surface area contributed by atoms with Gasteiger partial charge in [0.05, 0.1) is 5.69 Å². The number of allylic oxidation sites excluding steroid dienone is 1.